The minimum atomic E-state index is 0.0453. The van der Waals surface area contributed by atoms with Crippen molar-refractivity contribution < 1.29 is 9.53 Å². The number of rotatable bonds is 7. The molecule has 0 spiro atoms. The third-order valence-corrected chi connectivity index (χ3v) is 4.99. The first kappa shape index (κ1) is 19.5. The fourth-order valence-corrected chi connectivity index (χ4v) is 3.32. The molecule has 2 rings (SSSR count). The third-order valence-electron chi connectivity index (χ3n) is 4.99. The van der Waals surface area contributed by atoms with E-state index < -0.39 is 0 Å². The zero-order valence-electron chi connectivity index (χ0n) is 16.0. The summed E-state index contributed by atoms with van der Waals surface area (Å²) in [4.78, 5) is 16.8. The zero-order chi connectivity index (χ0) is 18.2. The number of aryl methyl sites for hydroxylation is 1. The fourth-order valence-electron chi connectivity index (χ4n) is 3.32. The predicted octanol–water partition coefficient (Wildman–Crippen LogP) is 3.48. The average Bonchev–Trinajstić information content (AvgIpc) is 2.59. The second-order valence-electron chi connectivity index (χ2n) is 7.13. The summed E-state index contributed by atoms with van der Waals surface area (Å²) in [5.41, 5.74) is 1.40. The summed E-state index contributed by atoms with van der Waals surface area (Å²) in [5.74, 6) is 0.0453. The van der Waals surface area contributed by atoms with E-state index in [1.165, 1.54) is 11.8 Å². The molecule has 0 saturated carbocycles. The number of ether oxygens (including phenoxy) is 1. The van der Waals surface area contributed by atoms with Crippen molar-refractivity contribution in [3.05, 3.63) is 48.2 Å². The molecule has 0 N–H and O–H groups in total. The van der Waals surface area contributed by atoms with E-state index in [0.717, 1.165) is 32.5 Å². The van der Waals surface area contributed by atoms with Crippen LogP contribution in [0.2, 0.25) is 0 Å². The van der Waals surface area contributed by atoms with Gasteiger partial charge in [-0.3, -0.25) is 9.69 Å². The van der Waals surface area contributed by atoms with Gasteiger partial charge in [-0.15, -0.1) is 0 Å². The predicted molar refractivity (Wildman–Crippen MR) is 102 cm³/mol. The highest BCUT2D eigenvalue weighted by Crippen LogP contribution is 2.18. The van der Waals surface area contributed by atoms with Crippen LogP contribution in [-0.2, 0) is 16.0 Å². The smallest absolute Gasteiger partial charge is 0.249 e. The summed E-state index contributed by atoms with van der Waals surface area (Å²) in [6.07, 6.45) is 5.43. The van der Waals surface area contributed by atoms with Crippen LogP contribution in [0.1, 0.15) is 39.7 Å². The van der Waals surface area contributed by atoms with Gasteiger partial charge in [-0.2, -0.15) is 0 Å². The Balaban J connectivity index is 1.80. The minimum absolute atomic E-state index is 0.0453. The molecule has 25 heavy (non-hydrogen) atoms. The van der Waals surface area contributed by atoms with Gasteiger partial charge < -0.3 is 9.64 Å². The second kappa shape index (κ2) is 9.62. The van der Waals surface area contributed by atoms with Gasteiger partial charge in [0.25, 0.3) is 0 Å². The van der Waals surface area contributed by atoms with Gasteiger partial charge in [0.2, 0.25) is 5.91 Å². The first-order chi connectivity index (χ1) is 12.0. The highest BCUT2D eigenvalue weighted by Gasteiger charge is 2.32. The van der Waals surface area contributed by atoms with Crippen LogP contribution in [0.3, 0.4) is 0 Å². The molecule has 1 aliphatic rings. The molecule has 4 nitrogen and oxygen atoms in total. The third kappa shape index (κ3) is 5.89. The molecule has 138 valence electrons. The number of hydrogen-bond acceptors (Lipinski definition) is 3. The molecule has 1 saturated heterocycles. The van der Waals surface area contributed by atoms with Crippen molar-refractivity contribution >= 4 is 5.91 Å². The molecule has 1 aromatic rings. The monoisotopic (exact) mass is 344 g/mol. The van der Waals surface area contributed by atoms with Gasteiger partial charge in [-0.25, -0.2) is 0 Å². The first-order valence-electron chi connectivity index (χ1n) is 9.39. The van der Waals surface area contributed by atoms with Crippen molar-refractivity contribution in [1.29, 1.82) is 0 Å². The Hall–Kier alpha value is -1.81. The number of benzene rings is 1. The van der Waals surface area contributed by atoms with Crippen LogP contribution in [0, 0.1) is 0 Å². The maximum Gasteiger partial charge on any atom is 0.249 e. The molecule has 1 aliphatic heterocycles. The van der Waals surface area contributed by atoms with Crippen LogP contribution in [0.4, 0.5) is 0 Å². The van der Waals surface area contributed by atoms with Crippen molar-refractivity contribution in [3.63, 3.8) is 0 Å². The number of hydrogen-bond donors (Lipinski definition) is 0. The lowest BCUT2D eigenvalue weighted by atomic mass is 10.0. The Bertz CT molecular complexity index is 556. The van der Waals surface area contributed by atoms with E-state index in [9.17, 15) is 4.79 Å². The standard InChI is InChI=1S/C21H32N2O2/c1-17(2)25-16-12-21(24)23-15-14-22(18(3)19(23)4)13-8-11-20-9-6-5-7-10-20/h5-7,9-10,12,16-19H,8,11,13-15H2,1-4H3/b16-12+/t18-,19-/m0/s1. The SMILES string of the molecule is CC(C)O/C=C/C(=O)N1CCN(CCCc2ccccc2)[C@@H](C)[C@@H]1C. The van der Waals surface area contributed by atoms with Gasteiger partial charge in [0, 0.05) is 31.2 Å². The molecule has 2 atom stereocenters. The van der Waals surface area contributed by atoms with Gasteiger partial charge in [0.05, 0.1) is 12.4 Å². The fraction of sp³-hybridized carbons (Fsp3) is 0.571. The van der Waals surface area contributed by atoms with E-state index >= 15 is 0 Å². The second-order valence-corrected chi connectivity index (χ2v) is 7.13. The largest absolute Gasteiger partial charge is 0.498 e. The molecular formula is C21H32N2O2. The molecule has 0 bridgehead atoms. The van der Waals surface area contributed by atoms with Crippen LogP contribution in [0.15, 0.2) is 42.7 Å². The molecule has 0 aromatic heterocycles. The van der Waals surface area contributed by atoms with Crippen molar-refractivity contribution in [1.82, 2.24) is 9.80 Å². The number of carbonyl (C=O) groups is 1. The highest BCUT2D eigenvalue weighted by atomic mass is 16.5. The summed E-state index contributed by atoms with van der Waals surface area (Å²) in [7, 11) is 0. The number of amides is 1. The molecule has 0 unspecified atom stereocenters. The van der Waals surface area contributed by atoms with E-state index in [1.54, 1.807) is 6.08 Å². The van der Waals surface area contributed by atoms with Crippen LogP contribution in [-0.4, -0.2) is 53.5 Å². The van der Waals surface area contributed by atoms with Gasteiger partial charge >= 0.3 is 0 Å². The van der Waals surface area contributed by atoms with Crippen LogP contribution >= 0.6 is 0 Å². The number of nitrogens with zero attached hydrogens (tertiary/aromatic N) is 2. The maximum absolute atomic E-state index is 12.4. The quantitative estimate of drug-likeness (QED) is 0.561. The minimum Gasteiger partial charge on any atom is -0.498 e. The number of carbonyl (C=O) groups excluding carboxylic acids is 1. The lowest BCUT2D eigenvalue weighted by Gasteiger charge is -2.44. The molecule has 1 aromatic carbocycles. The maximum atomic E-state index is 12.4. The van der Waals surface area contributed by atoms with Crippen LogP contribution in [0.25, 0.3) is 0 Å². The van der Waals surface area contributed by atoms with Crippen LogP contribution < -0.4 is 0 Å². The van der Waals surface area contributed by atoms with E-state index in [1.807, 2.05) is 18.7 Å². The summed E-state index contributed by atoms with van der Waals surface area (Å²) >= 11 is 0. The molecule has 0 radical (unpaired) electrons. The summed E-state index contributed by atoms with van der Waals surface area (Å²) in [6, 6.07) is 11.2. The van der Waals surface area contributed by atoms with Crippen molar-refractivity contribution in [3.8, 4) is 0 Å². The summed E-state index contributed by atoms with van der Waals surface area (Å²) in [6.45, 7) is 11.1. The highest BCUT2D eigenvalue weighted by molar-refractivity contribution is 5.87. The van der Waals surface area contributed by atoms with Gasteiger partial charge in [0.15, 0.2) is 0 Å². The zero-order valence-corrected chi connectivity index (χ0v) is 16.0. The molecule has 1 amide bonds. The molecule has 1 heterocycles. The van der Waals surface area contributed by atoms with Crippen LogP contribution in [0.5, 0.6) is 0 Å². The average molecular weight is 344 g/mol. The van der Waals surface area contributed by atoms with Gasteiger partial charge in [0.1, 0.15) is 0 Å². The molecule has 4 heteroatoms. The Morgan fingerprint density at radius 2 is 1.92 bits per heavy atom. The summed E-state index contributed by atoms with van der Waals surface area (Å²) in [5, 5.41) is 0. The Morgan fingerprint density at radius 1 is 1.20 bits per heavy atom. The topological polar surface area (TPSA) is 32.8 Å². The van der Waals surface area contributed by atoms with Gasteiger partial charge in [-0.05, 0) is 52.6 Å². The summed E-state index contributed by atoms with van der Waals surface area (Å²) < 4.78 is 5.34. The molecule has 0 aliphatic carbocycles. The van der Waals surface area contributed by atoms with Crippen molar-refractivity contribution in [2.75, 3.05) is 19.6 Å². The van der Waals surface area contributed by atoms with E-state index in [2.05, 4.69) is 49.1 Å². The van der Waals surface area contributed by atoms with Crippen molar-refractivity contribution in [2.24, 2.45) is 0 Å². The Labute approximate surface area is 152 Å². The van der Waals surface area contributed by atoms with E-state index in [0.29, 0.717) is 6.04 Å². The molecular weight excluding hydrogens is 312 g/mol. The van der Waals surface area contributed by atoms with Crippen molar-refractivity contribution in [2.45, 2.75) is 58.7 Å². The molecule has 1 fully saturated rings. The van der Waals surface area contributed by atoms with E-state index in [-0.39, 0.29) is 18.1 Å². The normalized spacial score (nSPS) is 21.9. The first-order valence-corrected chi connectivity index (χ1v) is 9.39. The van der Waals surface area contributed by atoms with E-state index in [4.69, 9.17) is 4.74 Å². The lowest BCUT2D eigenvalue weighted by Crippen LogP contribution is -2.58. The lowest BCUT2D eigenvalue weighted by molar-refractivity contribution is -0.132. The number of piperazine rings is 1. The Kier molecular flexibility index (Phi) is 7.51. The van der Waals surface area contributed by atoms with Gasteiger partial charge in [-0.1, -0.05) is 30.3 Å². The Morgan fingerprint density at radius 3 is 2.60 bits per heavy atom.